The molecule has 1 aliphatic heterocycles. The number of fused-ring (bicyclic) bond motifs is 3. The van der Waals surface area contributed by atoms with Crippen molar-refractivity contribution in [2.24, 2.45) is 5.73 Å². The first-order chi connectivity index (χ1) is 8.13. The smallest absolute Gasteiger partial charge is 0.178 e. The number of nitrogens with zero attached hydrogens (tertiary/aromatic N) is 1. The lowest BCUT2D eigenvalue weighted by Crippen LogP contribution is -2.30. The fraction of sp³-hybridized carbons (Fsp3) is 0.308. The Morgan fingerprint density at radius 3 is 2.82 bits per heavy atom. The molecule has 0 spiro atoms. The quantitative estimate of drug-likeness (QED) is 0.817. The molecule has 0 unspecified atom stereocenters. The lowest BCUT2D eigenvalue weighted by Gasteiger charge is -2.31. The third-order valence-electron chi connectivity index (χ3n) is 3.05. The van der Waals surface area contributed by atoms with Gasteiger partial charge in [-0.1, -0.05) is 17.3 Å². The van der Waals surface area contributed by atoms with Crippen molar-refractivity contribution < 1.29 is 9.26 Å². The second-order valence-corrected chi connectivity index (χ2v) is 4.65. The van der Waals surface area contributed by atoms with Crippen molar-refractivity contribution in [3.63, 3.8) is 0 Å². The van der Waals surface area contributed by atoms with Crippen molar-refractivity contribution >= 4 is 0 Å². The summed E-state index contributed by atoms with van der Waals surface area (Å²) in [5, 5.41) is 4.03. The van der Waals surface area contributed by atoms with Gasteiger partial charge in [0.15, 0.2) is 5.76 Å². The van der Waals surface area contributed by atoms with E-state index in [-0.39, 0.29) is 0 Å². The number of hydrogen-bond donors (Lipinski definition) is 1. The van der Waals surface area contributed by atoms with E-state index >= 15 is 0 Å². The fourth-order valence-corrected chi connectivity index (χ4v) is 2.34. The largest absolute Gasteiger partial charge is 0.482 e. The SMILES string of the molecule is CC1(C)Oc2ccccc2-c2onc(CN)c21. The summed E-state index contributed by atoms with van der Waals surface area (Å²) in [7, 11) is 0. The molecule has 17 heavy (non-hydrogen) atoms. The highest BCUT2D eigenvalue weighted by Gasteiger charge is 2.38. The molecule has 88 valence electrons. The van der Waals surface area contributed by atoms with Crippen LogP contribution in [0.2, 0.25) is 0 Å². The average Bonchev–Trinajstić information content (AvgIpc) is 2.73. The van der Waals surface area contributed by atoms with Gasteiger partial charge >= 0.3 is 0 Å². The molecule has 0 saturated heterocycles. The van der Waals surface area contributed by atoms with E-state index in [1.54, 1.807) is 0 Å². The maximum absolute atomic E-state index is 5.99. The predicted molar refractivity (Wildman–Crippen MR) is 63.5 cm³/mol. The molecule has 2 heterocycles. The minimum Gasteiger partial charge on any atom is -0.482 e. The average molecular weight is 230 g/mol. The lowest BCUT2D eigenvalue weighted by molar-refractivity contribution is 0.103. The van der Waals surface area contributed by atoms with Gasteiger partial charge < -0.3 is 15.0 Å². The molecule has 0 amide bonds. The molecule has 1 aromatic carbocycles. The first kappa shape index (κ1) is 10.4. The summed E-state index contributed by atoms with van der Waals surface area (Å²) in [6.07, 6.45) is 0. The minimum absolute atomic E-state index is 0.355. The Morgan fingerprint density at radius 1 is 1.29 bits per heavy atom. The van der Waals surface area contributed by atoms with E-state index in [1.165, 1.54) is 0 Å². The van der Waals surface area contributed by atoms with Crippen LogP contribution in [0.25, 0.3) is 11.3 Å². The van der Waals surface area contributed by atoms with Crippen LogP contribution in [0.1, 0.15) is 25.1 Å². The Labute approximate surface area is 99.4 Å². The summed E-state index contributed by atoms with van der Waals surface area (Å²) in [5.74, 6) is 1.60. The van der Waals surface area contributed by atoms with E-state index in [1.807, 2.05) is 38.1 Å². The number of aromatic nitrogens is 1. The first-order valence-electron chi connectivity index (χ1n) is 5.61. The van der Waals surface area contributed by atoms with E-state index in [2.05, 4.69) is 5.16 Å². The van der Waals surface area contributed by atoms with Crippen molar-refractivity contribution in [2.75, 3.05) is 0 Å². The topological polar surface area (TPSA) is 61.3 Å². The lowest BCUT2D eigenvalue weighted by atomic mass is 9.90. The van der Waals surface area contributed by atoms with Gasteiger partial charge in [-0.3, -0.25) is 0 Å². The monoisotopic (exact) mass is 230 g/mol. The molecule has 0 bridgehead atoms. The van der Waals surface area contributed by atoms with Crippen LogP contribution in [0.3, 0.4) is 0 Å². The van der Waals surface area contributed by atoms with Gasteiger partial charge in [0.1, 0.15) is 17.0 Å². The van der Waals surface area contributed by atoms with Crippen molar-refractivity contribution in [3.05, 3.63) is 35.5 Å². The minimum atomic E-state index is -0.460. The number of hydrogen-bond acceptors (Lipinski definition) is 4. The molecule has 3 rings (SSSR count). The molecular formula is C13H14N2O2. The van der Waals surface area contributed by atoms with Gasteiger partial charge in [-0.15, -0.1) is 0 Å². The molecule has 4 heteroatoms. The summed E-state index contributed by atoms with van der Waals surface area (Å²) < 4.78 is 11.4. The number of nitrogens with two attached hydrogens (primary N) is 1. The Balaban J connectivity index is 2.31. The summed E-state index contributed by atoms with van der Waals surface area (Å²) >= 11 is 0. The van der Waals surface area contributed by atoms with E-state index in [0.29, 0.717) is 6.54 Å². The zero-order chi connectivity index (χ0) is 12.0. The Kier molecular flexibility index (Phi) is 2.03. The molecule has 0 radical (unpaired) electrons. The van der Waals surface area contributed by atoms with E-state index < -0.39 is 5.60 Å². The third kappa shape index (κ3) is 1.37. The van der Waals surface area contributed by atoms with Gasteiger partial charge in [-0.25, -0.2) is 0 Å². The van der Waals surface area contributed by atoms with Gasteiger partial charge in [0.05, 0.1) is 11.1 Å². The molecule has 0 saturated carbocycles. The van der Waals surface area contributed by atoms with Crippen LogP contribution in [0, 0.1) is 0 Å². The van der Waals surface area contributed by atoms with Crippen LogP contribution in [0.4, 0.5) is 0 Å². The van der Waals surface area contributed by atoms with Crippen LogP contribution in [-0.2, 0) is 12.1 Å². The summed E-state index contributed by atoms with van der Waals surface area (Å²) in [6.45, 7) is 4.35. The van der Waals surface area contributed by atoms with Gasteiger partial charge in [-0.05, 0) is 26.0 Å². The fourth-order valence-electron chi connectivity index (χ4n) is 2.34. The number of rotatable bonds is 1. The zero-order valence-electron chi connectivity index (χ0n) is 9.86. The predicted octanol–water partition coefficient (Wildman–Crippen LogP) is 2.43. The maximum Gasteiger partial charge on any atom is 0.178 e. The second kappa shape index (κ2) is 3.34. The van der Waals surface area contributed by atoms with Crippen molar-refractivity contribution in [1.82, 2.24) is 5.16 Å². The highest BCUT2D eigenvalue weighted by molar-refractivity contribution is 5.72. The Morgan fingerprint density at radius 2 is 2.06 bits per heavy atom. The van der Waals surface area contributed by atoms with E-state index in [4.69, 9.17) is 15.0 Å². The molecule has 1 aliphatic rings. The molecule has 0 atom stereocenters. The first-order valence-corrected chi connectivity index (χ1v) is 5.61. The molecule has 2 aromatic rings. The van der Waals surface area contributed by atoms with Crippen LogP contribution < -0.4 is 10.5 Å². The maximum atomic E-state index is 5.99. The van der Waals surface area contributed by atoms with Gasteiger partial charge in [0, 0.05) is 6.54 Å². The molecule has 2 N–H and O–H groups in total. The summed E-state index contributed by atoms with van der Waals surface area (Å²) in [4.78, 5) is 0. The molecule has 0 aliphatic carbocycles. The number of ether oxygens (including phenoxy) is 1. The molecular weight excluding hydrogens is 216 g/mol. The van der Waals surface area contributed by atoms with Gasteiger partial charge in [0.2, 0.25) is 0 Å². The Bertz CT molecular complexity index is 573. The zero-order valence-corrected chi connectivity index (χ0v) is 9.86. The normalized spacial score (nSPS) is 15.9. The van der Waals surface area contributed by atoms with E-state index in [9.17, 15) is 0 Å². The van der Waals surface area contributed by atoms with Gasteiger partial charge in [-0.2, -0.15) is 0 Å². The van der Waals surface area contributed by atoms with Gasteiger partial charge in [0.25, 0.3) is 0 Å². The van der Waals surface area contributed by atoms with Crippen LogP contribution in [-0.4, -0.2) is 5.16 Å². The molecule has 1 aromatic heterocycles. The van der Waals surface area contributed by atoms with Crippen molar-refractivity contribution in [3.8, 4) is 17.1 Å². The molecule has 0 fully saturated rings. The van der Waals surface area contributed by atoms with Crippen LogP contribution in [0.5, 0.6) is 5.75 Å². The Hall–Kier alpha value is -1.81. The highest BCUT2D eigenvalue weighted by Crippen LogP contribution is 2.46. The summed E-state index contributed by atoms with van der Waals surface area (Å²) in [6, 6.07) is 7.80. The number of benzene rings is 1. The van der Waals surface area contributed by atoms with Crippen molar-refractivity contribution in [1.29, 1.82) is 0 Å². The summed E-state index contributed by atoms with van der Waals surface area (Å²) in [5.41, 5.74) is 7.88. The van der Waals surface area contributed by atoms with Crippen LogP contribution in [0.15, 0.2) is 28.8 Å². The third-order valence-corrected chi connectivity index (χ3v) is 3.05. The van der Waals surface area contributed by atoms with Crippen LogP contribution >= 0.6 is 0 Å². The number of para-hydroxylation sites is 1. The second-order valence-electron chi connectivity index (χ2n) is 4.65. The standard InChI is InChI=1S/C13H14N2O2/c1-13(2)11-9(7-14)15-17-12(11)8-5-3-4-6-10(8)16-13/h3-6H,7,14H2,1-2H3. The molecule has 4 nitrogen and oxygen atoms in total. The highest BCUT2D eigenvalue weighted by atomic mass is 16.5. The van der Waals surface area contributed by atoms with E-state index in [0.717, 1.165) is 28.3 Å². The van der Waals surface area contributed by atoms with Crippen molar-refractivity contribution in [2.45, 2.75) is 26.0 Å².